The van der Waals surface area contributed by atoms with E-state index in [1.807, 2.05) is 0 Å². The lowest BCUT2D eigenvalue weighted by atomic mass is 9.88. The smallest absolute Gasteiger partial charge is 0.339 e. The number of benzene rings is 1. The number of ether oxygens (including phenoxy) is 1. The second-order valence-electron chi connectivity index (χ2n) is 4.74. The van der Waals surface area contributed by atoms with Crippen molar-refractivity contribution in [2.75, 3.05) is 7.11 Å². The van der Waals surface area contributed by atoms with Crippen molar-refractivity contribution in [3.05, 3.63) is 23.3 Å². The molecular formula is C13H17NO4. The quantitative estimate of drug-likeness (QED) is 0.762. The van der Waals surface area contributed by atoms with E-state index in [-0.39, 0.29) is 17.1 Å². The Bertz CT molecular complexity index is 478. The van der Waals surface area contributed by atoms with Crippen LogP contribution >= 0.6 is 0 Å². The van der Waals surface area contributed by atoms with Gasteiger partial charge in [-0.2, -0.15) is 0 Å². The van der Waals surface area contributed by atoms with E-state index in [0.717, 1.165) is 25.7 Å². The zero-order chi connectivity index (χ0) is 13.3. The maximum atomic E-state index is 11.1. The summed E-state index contributed by atoms with van der Waals surface area (Å²) in [5, 5.41) is 18.8. The Kier molecular flexibility index (Phi) is 3.17. The average molecular weight is 251 g/mol. The molecule has 0 spiro atoms. The van der Waals surface area contributed by atoms with E-state index in [1.165, 1.54) is 13.2 Å². The maximum absolute atomic E-state index is 11.1. The minimum Gasteiger partial charge on any atom is -0.504 e. The largest absolute Gasteiger partial charge is 0.504 e. The van der Waals surface area contributed by atoms with Crippen LogP contribution in [0.4, 0.5) is 0 Å². The van der Waals surface area contributed by atoms with Crippen molar-refractivity contribution in [1.82, 2.24) is 0 Å². The predicted molar refractivity (Wildman–Crippen MR) is 66.0 cm³/mol. The van der Waals surface area contributed by atoms with Gasteiger partial charge in [0, 0.05) is 5.54 Å². The standard InChI is InChI=1S/C13H17NO4/c1-18-10-7-8(13(14)4-2-3-5-13)6-9(11(10)15)12(16)17/h6-7,15H,2-5,14H2,1H3,(H,16,17). The van der Waals surface area contributed by atoms with Gasteiger partial charge < -0.3 is 20.7 Å². The van der Waals surface area contributed by atoms with E-state index in [2.05, 4.69) is 0 Å². The van der Waals surface area contributed by atoms with Gasteiger partial charge in [-0.1, -0.05) is 12.8 Å². The van der Waals surface area contributed by atoms with Gasteiger partial charge in [0.1, 0.15) is 5.56 Å². The van der Waals surface area contributed by atoms with Crippen LogP contribution in [0, 0.1) is 0 Å². The molecule has 1 aromatic carbocycles. The Balaban J connectivity index is 2.55. The lowest BCUT2D eigenvalue weighted by Crippen LogP contribution is -2.33. The van der Waals surface area contributed by atoms with E-state index in [4.69, 9.17) is 15.6 Å². The first-order valence-corrected chi connectivity index (χ1v) is 5.91. The molecule has 1 aromatic rings. The minimum absolute atomic E-state index is 0.154. The second-order valence-corrected chi connectivity index (χ2v) is 4.74. The molecule has 98 valence electrons. The van der Waals surface area contributed by atoms with Gasteiger partial charge in [-0.25, -0.2) is 4.79 Å². The molecule has 1 aliphatic carbocycles. The number of hydrogen-bond acceptors (Lipinski definition) is 4. The number of methoxy groups -OCH3 is 1. The summed E-state index contributed by atoms with van der Waals surface area (Å²) in [7, 11) is 1.39. The summed E-state index contributed by atoms with van der Waals surface area (Å²) in [6, 6.07) is 3.08. The van der Waals surface area contributed by atoms with E-state index >= 15 is 0 Å². The lowest BCUT2D eigenvalue weighted by molar-refractivity contribution is 0.0693. The van der Waals surface area contributed by atoms with E-state index in [0.29, 0.717) is 5.56 Å². The number of aromatic carboxylic acids is 1. The molecule has 0 aromatic heterocycles. The average Bonchev–Trinajstić information content (AvgIpc) is 2.77. The summed E-state index contributed by atoms with van der Waals surface area (Å²) in [6.07, 6.45) is 3.70. The molecule has 0 heterocycles. The van der Waals surface area contributed by atoms with Gasteiger partial charge in [-0.05, 0) is 30.5 Å². The van der Waals surface area contributed by atoms with Gasteiger partial charge in [0.2, 0.25) is 0 Å². The van der Waals surface area contributed by atoms with Crippen molar-refractivity contribution in [3.8, 4) is 11.5 Å². The zero-order valence-electron chi connectivity index (χ0n) is 10.3. The maximum Gasteiger partial charge on any atom is 0.339 e. The normalized spacial score (nSPS) is 17.7. The second kappa shape index (κ2) is 4.49. The Labute approximate surface area is 105 Å². The van der Waals surface area contributed by atoms with Crippen molar-refractivity contribution in [3.63, 3.8) is 0 Å². The van der Waals surface area contributed by atoms with Crippen LogP contribution in [0.5, 0.6) is 11.5 Å². The van der Waals surface area contributed by atoms with Crippen LogP contribution in [0.3, 0.4) is 0 Å². The number of carbonyl (C=O) groups is 1. The third kappa shape index (κ3) is 2.01. The molecule has 0 amide bonds. The molecule has 0 aliphatic heterocycles. The topological polar surface area (TPSA) is 92.8 Å². The van der Waals surface area contributed by atoms with Gasteiger partial charge in [0.25, 0.3) is 0 Å². The van der Waals surface area contributed by atoms with Gasteiger partial charge in [-0.15, -0.1) is 0 Å². The van der Waals surface area contributed by atoms with Crippen LogP contribution < -0.4 is 10.5 Å². The monoisotopic (exact) mass is 251 g/mol. The van der Waals surface area contributed by atoms with Crippen molar-refractivity contribution in [2.24, 2.45) is 5.73 Å². The summed E-state index contributed by atoms with van der Waals surface area (Å²) in [5.74, 6) is -1.38. The van der Waals surface area contributed by atoms with Crippen LogP contribution in [0.15, 0.2) is 12.1 Å². The molecule has 18 heavy (non-hydrogen) atoms. The molecule has 1 aliphatic rings. The fraction of sp³-hybridized carbons (Fsp3) is 0.462. The van der Waals surface area contributed by atoms with E-state index < -0.39 is 11.5 Å². The highest BCUT2D eigenvalue weighted by Crippen LogP contribution is 2.41. The Morgan fingerprint density at radius 2 is 2.00 bits per heavy atom. The molecule has 1 saturated carbocycles. The van der Waals surface area contributed by atoms with Gasteiger partial charge in [0.15, 0.2) is 11.5 Å². The summed E-state index contributed by atoms with van der Waals surface area (Å²) < 4.78 is 5.01. The summed E-state index contributed by atoms with van der Waals surface area (Å²) in [6.45, 7) is 0. The lowest BCUT2D eigenvalue weighted by Gasteiger charge is -2.25. The van der Waals surface area contributed by atoms with Crippen LogP contribution in [0.25, 0.3) is 0 Å². The van der Waals surface area contributed by atoms with Gasteiger partial charge in [0.05, 0.1) is 7.11 Å². The third-order valence-corrected chi connectivity index (χ3v) is 3.60. The SMILES string of the molecule is COc1cc(C2(N)CCCC2)cc(C(=O)O)c1O. The molecule has 2 rings (SSSR count). The summed E-state index contributed by atoms with van der Waals surface area (Å²) >= 11 is 0. The van der Waals surface area contributed by atoms with Crippen LogP contribution in [-0.4, -0.2) is 23.3 Å². The highest BCUT2D eigenvalue weighted by Gasteiger charge is 2.33. The third-order valence-electron chi connectivity index (χ3n) is 3.60. The minimum atomic E-state index is -1.19. The van der Waals surface area contributed by atoms with Crippen molar-refractivity contribution < 1.29 is 19.7 Å². The first-order chi connectivity index (χ1) is 8.48. The fourth-order valence-corrected chi connectivity index (χ4v) is 2.51. The number of carboxylic acid groups (broad SMARTS) is 1. The highest BCUT2D eigenvalue weighted by atomic mass is 16.5. The predicted octanol–water partition coefficient (Wildman–Crippen LogP) is 1.83. The molecule has 5 heteroatoms. The summed E-state index contributed by atoms with van der Waals surface area (Å²) in [4.78, 5) is 11.1. The Morgan fingerprint density at radius 1 is 1.39 bits per heavy atom. The van der Waals surface area contributed by atoms with Crippen LogP contribution in [-0.2, 0) is 5.54 Å². The Morgan fingerprint density at radius 3 is 2.50 bits per heavy atom. The highest BCUT2D eigenvalue weighted by molar-refractivity contribution is 5.92. The first-order valence-electron chi connectivity index (χ1n) is 5.91. The summed E-state index contributed by atoms with van der Waals surface area (Å²) in [5.41, 5.74) is 6.33. The number of aromatic hydroxyl groups is 1. The molecule has 0 atom stereocenters. The molecule has 1 fully saturated rings. The number of nitrogens with two attached hydrogens (primary N) is 1. The first kappa shape index (κ1) is 12.7. The van der Waals surface area contributed by atoms with Gasteiger partial charge in [-0.3, -0.25) is 0 Å². The Hall–Kier alpha value is -1.75. The van der Waals surface area contributed by atoms with Crippen LogP contribution in [0.2, 0.25) is 0 Å². The van der Waals surface area contributed by atoms with Crippen LogP contribution in [0.1, 0.15) is 41.6 Å². The molecule has 4 N–H and O–H groups in total. The van der Waals surface area contributed by atoms with E-state index in [9.17, 15) is 9.90 Å². The molecule has 0 unspecified atom stereocenters. The molecule has 0 radical (unpaired) electrons. The van der Waals surface area contributed by atoms with Crippen molar-refractivity contribution >= 4 is 5.97 Å². The van der Waals surface area contributed by atoms with Gasteiger partial charge >= 0.3 is 5.97 Å². The van der Waals surface area contributed by atoms with E-state index in [1.54, 1.807) is 6.07 Å². The number of carboxylic acids is 1. The molecule has 5 nitrogen and oxygen atoms in total. The number of rotatable bonds is 3. The molecule has 0 bridgehead atoms. The number of hydrogen-bond donors (Lipinski definition) is 3. The molecular weight excluding hydrogens is 234 g/mol. The zero-order valence-corrected chi connectivity index (χ0v) is 10.3. The van der Waals surface area contributed by atoms with Crippen molar-refractivity contribution in [2.45, 2.75) is 31.2 Å². The van der Waals surface area contributed by atoms with Crippen molar-refractivity contribution in [1.29, 1.82) is 0 Å². The number of phenols is 1. The molecule has 0 saturated heterocycles. The fourth-order valence-electron chi connectivity index (χ4n) is 2.51.